The highest BCUT2D eigenvalue weighted by Crippen LogP contribution is 2.41. The number of rotatable bonds is 5. The van der Waals surface area contributed by atoms with Gasteiger partial charge in [-0.15, -0.1) is 0 Å². The lowest BCUT2D eigenvalue weighted by atomic mass is 9.90. The number of ketones is 2. The molecule has 0 aliphatic heterocycles. The molecule has 5 nitrogen and oxygen atoms in total. The van der Waals surface area contributed by atoms with Crippen molar-refractivity contribution in [1.82, 2.24) is 0 Å². The topological polar surface area (TPSA) is 91.7 Å². The van der Waals surface area contributed by atoms with Crippen LogP contribution in [0.4, 0.5) is 0 Å². The first-order valence-electron chi connectivity index (χ1n) is 8.48. The highest BCUT2D eigenvalue weighted by Gasteiger charge is 2.32. The van der Waals surface area contributed by atoms with Crippen molar-refractivity contribution in [3.05, 3.63) is 77.9 Å². The first kappa shape index (κ1) is 19.9. The average Bonchev–Trinajstić information content (AvgIpc) is 2.62. The first-order chi connectivity index (χ1) is 13.0. The Morgan fingerprint density at radius 1 is 0.857 bits per heavy atom. The van der Waals surface area contributed by atoms with Crippen molar-refractivity contribution in [2.45, 2.75) is 13.8 Å². The maximum absolute atomic E-state index is 12.8. The van der Waals surface area contributed by atoms with Gasteiger partial charge in [0.05, 0.1) is 5.30 Å². The van der Waals surface area contributed by atoms with E-state index in [4.69, 9.17) is 0 Å². The molecule has 0 atom stereocenters. The lowest BCUT2D eigenvalue weighted by molar-refractivity contribution is 0.1000. The van der Waals surface area contributed by atoms with Gasteiger partial charge < -0.3 is 9.79 Å². The van der Waals surface area contributed by atoms with Crippen molar-refractivity contribution < 1.29 is 23.9 Å². The Hall–Kier alpha value is -2.85. The molecule has 0 spiro atoms. The third-order valence-electron chi connectivity index (χ3n) is 4.52. The lowest BCUT2D eigenvalue weighted by Gasteiger charge is -2.18. The minimum absolute atomic E-state index is 0.0746. The van der Waals surface area contributed by atoms with Crippen LogP contribution in [0, 0.1) is 0 Å². The Morgan fingerprint density at radius 2 is 1.39 bits per heavy atom. The van der Waals surface area contributed by atoms with Gasteiger partial charge in [0.1, 0.15) is 0 Å². The van der Waals surface area contributed by atoms with Gasteiger partial charge in [0.15, 0.2) is 11.6 Å². The summed E-state index contributed by atoms with van der Waals surface area (Å²) < 4.78 is 12.5. The second kappa shape index (κ2) is 6.95. The number of allylic oxidation sites excluding steroid dienone is 2. The molecule has 28 heavy (non-hydrogen) atoms. The Kier molecular flexibility index (Phi) is 4.94. The highest BCUT2D eigenvalue weighted by atomic mass is 31.2. The third-order valence-corrected chi connectivity index (χ3v) is 5.56. The predicted molar refractivity (Wildman–Crippen MR) is 111 cm³/mol. The molecule has 3 aromatic rings. The molecule has 0 amide bonds. The molecule has 0 aliphatic carbocycles. The summed E-state index contributed by atoms with van der Waals surface area (Å²) in [5, 5.41) is 1.85. The number of carbonyl (C=O) groups excluding carboxylic acids is 2. The summed E-state index contributed by atoms with van der Waals surface area (Å²) in [6.45, 7) is 10.1. The van der Waals surface area contributed by atoms with E-state index in [9.17, 15) is 23.9 Å². The van der Waals surface area contributed by atoms with E-state index >= 15 is 0 Å². The van der Waals surface area contributed by atoms with E-state index < -0.39 is 24.5 Å². The second-order valence-electron chi connectivity index (χ2n) is 6.83. The number of Topliss-reactive ketones (excluding diaryl/α,β-unsaturated/α-hetero) is 2. The quantitative estimate of drug-likeness (QED) is 0.291. The fraction of sp³-hybridized carbons (Fsp3) is 0.0909. The molecule has 3 rings (SSSR count). The van der Waals surface area contributed by atoms with Crippen LogP contribution in [0.3, 0.4) is 0 Å². The van der Waals surface area contributed by atoms with Crippen LogP contribution in [0.2, 0.25) is 0 Å². The number of benzene rings is 3. The first-order valence-corrected chi connectivity index (χ1v) is 10.1. The fourth-order valence-electron chi connectivity index (χ4n) is 3.23. The molecule has 0 unspecified atom stereocenters. The summed E-state index contributed by atoms with van der Waals surface area (Å²) >= 11 is 0. The van der Waals surface area contributed by atoms with Crippen molar-refractivity contribution in [3.8, 4) is 0 Å². The van der Waals surface area contributed by atoms with Crippen LogP contribution in [0.1, 0.15) is 34.6 Å². The van der Waals surface area contributed by atoms with Crippen molar-refractivity contribution in [2.75, 3.05) is 0 Å². The largest absolute Gasteiger partial charge is 0.357 e. The lowest BCUT2D eigenvalue weighted by Crippen LogP contribution is -2.23. The van der Waals surface area contributed by atoms with Crippen LogP contribution >= 0.6 is 7.60 Å². The van der Waals surface area contributed by atoms with Crippen LogP contribution in [0.25, 0.3) is 21.5 Å². The Labute approximate surface area is 162 Å². The maximum Gasteiger partial charge on any atom is 0.357 e. The van der Waals surface area contributed by atoms with E-state index in [0.29, 0.717) is 5.39 Å². The van der Waals surface area contributed by atoms with Crippen molar-refractivity contribution in [2.24, 2.45) is 0 Å². The molecule has 0 saturated carbocycles. The normalized spacial score (nSPS) is 11.6. The number of hydrogen-bond acceptors (Lipinski definition) is 3. The summed E-state index contributed by atoms with van der Waals surface area (Å²) in [6.07, 6.45) is 0. The van der Waals surface area contributed by atoms with E-state index in [2.05, 4.69) is 13.2 Å². The van der Waals surface area contributed by atoms with Crippen LogP contribution in [-0.2, 0) is 4.57 Å². The van der Waals surface area contributed by atoms with Crippen molar-refractivity contribution >= 4 is 46.0 Å². The van der Waals surface area contributed by atoms with Crippen molar-refractivity contribution in [1.29, 1.82) is 0 Å². The molecule has 0 aromatic heterocycles. The smallest absolute Gasteiger partial charge is 0.321 e. The molecule has 0 aliphatic rings. The average molecular weight is 394 g/mol. The van der Waals surface area contributed by atoms with E-state index in [1.807, 2.05) is 24.3 Å². The molecule has 0 radical (unpaired) electrons. The SMILES string of the molecule is C=C(C)C(=O)c1cc2cc3ccccc3cc2c(P(=O)(O)O)c1C(=O)C(=C)C. The van der Waals surface area contributed by atoms with Gasteiger partial charge in [-0.3, -0.25) is 14.2 Å². The van der Waals surface area contributed by atoms with Gasteiger partial charge >= 0.3 is 7.60 Å². The molecule has 0 saturated heterocycles. The number of fused-ring (bicyclic) bond motifs is 2. The number of hydrogen-bond donors (Lipinski definition) is 2. The van der Waals surface area contributed by atoms with Crippen LogP contribution in [0.15, 0.2) is 66.8 Å². The predicted octanol–water partition coefficient (Wildman–Crippen LogP) is 4.31. The summed E-state index contributed by atoms with van der Waals surface area (Å²) in [5.74, 6) is -1.23. The van der Waals surface area contributed by atoms with E-state index in [0.717, 1.165) is 10.8 Å². The highest BCUT2D eigenvalue weighted by molar-refractivity contribution is 7.61. The molecule has 2 N–H and O–H groups in total. The van der Waals surface area contributed by atoms with Gasteiger partial charge in [0.25, 0.3) is 0 Å². The van der Waals surface area contributed by atoms with Gasteiger partial charge in [-0.25, -0.2) is 0 Å². The minimum Gasteiger partial charge on any atom is -0.321 e. The van der Waals surface area contributed by atoms with Crippen LogP contribution in [0.5, 0.6) is 0 Å². The van der Waals surface area contributed by atoms with Crippen LogP contribution < -0.4 is 5.30 Å². The minimum atomic E-state index is -4.91. The van der Waals surface area contributed by atoms with E-state index in [1.165, 1.54) is 19.9 Å². The number of carbonyl (C=O) groups is 2. The monoisotopic (exact) mass is 394 g/mol. The molecular formula is C22H19O5P. The van der Waals surface area contributed by atoms with Crippen molar-refractivity contribution in [3.63, 3.8) is 0 Å². The van der Waals surface area contributed by atoms with Gasteiger partial charge in [-0.2, -0.15) is 0 Å². The zero-order valence-electron chi connectivity index (χ0n) is 15.5. The molecule has 3 aromatic carbocycles. The summed E-state index contributed by atoms with van der Waals surface area (Å²) in [4.78, 5) is 45.8. The summed E-state index contributed by atoms with van der Waals surface area (Å²) in [6, 6.07) is 12.2. The second-order valence-corrected chi connectivity index (χ2v) is 8.37. The van der Waals surface area contributed by atoms with Gasteiger partial charge in [0.2, 0.25) is 0 Å². The molecular weight excluding hydrogens is 375 g/mol. The summed E-state index contributed by atoms with van der Waals surface area (Å²) in [5.41, 5.74) is -0.156. The Bertz CT molecular complexity index is 1250. The van der Waals surface area contributed by atoms with Gasteiger partial charge in [-0.05, 0) is 64.7 Å². The van der Waals surface area contributed by atoms with Gasteiger partial charge in [-0.1, -0.05) is 37.4 Å². The Morgan fingerprint density at radius 3 is 1.89 bits per heavy atom. The standard InChI is InChI=1S/C22H19O5P/c1-12(2)20(23)18-11-16-9-14-7-5-6-8-15(14)10-17(16)22(28(25,26)27)19(18)21(24)13(3)4/h5-11H,1,3H2,2,4H3,(H2,25,26,27). The van der Waals surface area contributed by atoms with Gasteiger partial charge in [0, 0.05) is 11.1 Å². The maximum atomic E-state index is 12.8. The van der Waals surface area contributed by atoms with E-state index in [1.54, 1.807) is 12.1 Å². The molecule has 142 valence electrons. The molecule has 0 heterocycles. The Balaban J connectivity index is 2.62. The third kappa shape index (κ3) is 3.36. The molecule has 0 fully saturated rings. The molecule has 6 heteroatoms. The van der Waals surface area contributed by atoms with E-state index in [-0.39, 0.29) is 27.7 Å². The van der Waals surface area contributed by atoms with Crippen LogP contribution in [-0.4, -0.2) is 21.4 Å². The molecule has 0 bridgehead atoms. The summed E-state index contributed by atoms with van der Waals surface area (Å²) in [7, 11) is -4.91. The fourth-order valence-corrected chi connectivity index (χ4v) is 4.25. The zero-order valence-corrected chi connectivity index (χ0v) is 16.4. The zero-order chi connectivity index (χ0) is 20.8.